The molecule has 1 aromatic carbocycles. The molecule has 2 rings (SSSR count). The van der Waals surface area contributed by atoms with E-state index in [0.717, 1.165) is 0 Å². The predicted molar refractivity (Wildman–Crippen MR) is 57.7 cm³/mol. The zero-order chi connectivity index (χ0) is 11.4. The third kappa shape index (κ3) is 2.15. The molecule has 0 aliphatic rings. The first-order valence-electron chi connectivity index (χ1n) is 4.80. The van der Waals surface area contributed by atoms with Gasteiger partial charge >= 0.3 is 0 Å². The van der Waals surface area contributed by atoms with Crippen molar-refractivity contribution in [3.63, 3.8) is 0 Å². The number of aromatic nitrogens is 2. The first-order valence-corrected chi connectivity index (χ1v) is 4.80. The van der Waals surface area contributed by atoms with Gasteiger partial charge in [-0.3, -0.25) is 9.48 Å². The van der Waals surface area contributed by atoms with Gasteiger partial charge in [0.25, 0.3) is 0 Å². The fourth-order valence-corrected chi connectivity index (χ4v) is 1.37. The predicted octanol–water partition coefficient (Wildman–Crippen LogP) is 1.64. The summed E-state index contributed by atoms with van der Waals surface area (Å²) in [6, 6.07) is 11.0. The highest BCUT2D eigenvalue weighted by atomic mass is 16.1. The summed E-state index contributed by atoms with van der Waals surface area (Å²) in [6.45, 7) is 0.158. The summed E-state index contributed by atoms with van der Waals surface area (Å²) in [6.07, 6.45) is 3.00. The van der Waals surface area contributed by atoms with Crippen LogP contribution in [0.2, 0.25) is 0 Å². The van der Waals surface area contributed by atoms with E-state index < -0.39 is 0 Å². The number of ketones is 1. The van der Waals surface area contributed by atoms with E-state index in [9.17, 15) is 4.79 Å². The number of nitriles is 1. The first kappa shape index (κ1) is 10.1. The van der Waals surface area contributed by atoms with E-state index in [2.05, 4.69) is 5.10 Å². The zero-order valence-corrected chi connectivity index (χ0v) is 8.50. The van der Waals surface area contributed by atoms with Crippen molar-refractivity contribution in [2.24, 2.45) is 0 Å². The third-order valence-corrected chi connectivity index (χ3v) is 2.16. The standard InChI is InChI=1S/C12H9N3O/c13-6-10-7-14-15(8-10)9-12(16)11-4-2-1-3-5-11/h1-5,7-8H,9H2. The Labute approximate surface area is 92.7 Å². The molecule has 4 heteroatoms. The number of Topliss-reactive ketones (excluding diaryl/α,β-unsaturated/α-hetero) is 1. The molecule has 4 nitrogen and oxygen atoms in total. The summed E-state index contributed by atoms with van der Waals surface area (Å²) in [5.74, 6) is -0.0202. The summed E-state index contributed by atoms with van der Waals surface area (Å²) < 4.78 is 1.47. The molecule has 0 saturated heterocycles. The molecule has 0 radical (unpaired) electrons. The van der Waals surface area contributed by atoms with Crippen molar-refractivity contribution < 1.29 is 4.79 Å². The van der Waals surface area contributed by atoms with Crippen LogP contribution in [0, 0.1) is 11.3 Å². The fraction of sp³-hybridized carbons (Fsp3) is 0.0833. The molecule has 0 bridgehead atoms. The van der Waals surface area contributed by atoms with E-state index >= 15 is 0 Å². The van der Waals surface area contributed by atoms with E-state index in [0.29, 0.717) is 11.1 Å². The van der Waals surface area contributed by atoms with Crippen LogP contribution in [0.5, 0.6) is 0 Å². The lowest BCUT2D eigenvalue weighted by Crippen LogP contribution is -2.10. The zero-order valence-electron chi connectivity index (χ0n) is 8.50. The van der Waals surface area contributed by atoms with E-state index in [1.54, 1.807) is 18.3 Å². The van der Waals surface area contributed by atoms with Gasteiger partial charge in [0, 0.05) is 11.8 Å². The maximum atomic E-state index is 11.8. The lowest BCUT2D eigenvalue weighted by atomic mass is 10.1. The molecule has 0 spiro atoms. The Kier molecular flexibility index (Phi) is 2.79. The Morgan fingerprint density at radius 1 is 1.38 bits per heavy atom. The van der Waals surface area contributed by atoms with Crippen LogP contribution in [-0.2, 0) is 6.54 Å². The second-order valence-corrected chi connectivity index (χ2v) is 3.33. The van der Waals surface area contributed by atoms with E-state index in [1.165, 1.54) is 10.9 Å². The lowest BCUT2D eigenvalue weighted by Gasteiger charge is -2.00. The highest BCUT2D eigenvalue weighted by Crippen LogP contribution is 2.02. The van der Waals surface area contributed by atoms with Gasteiger partial charge in [0.1, 0.15) is 12.6 Å². The van der Waals surface area contributed by atoms with E-state index in [4.69, 9.17) is 5.26 Å². The minimum Gasteiger partial charge on any atom is -0.292 e. The smallest absolute Gasteiger partial charge is 0.184 e. The second-order valence-electron chi connectivity index (χ2n) is 3.33. The molecule has 2 aromatic rings. The summed E-state index contributed by atoms with van der Waals surface area (Å²) in [5.41, 5.74) is 1.11. The van der Waals surface area contributed by atoms with Crippen LogP contribution >= 0.6 is 0 Å². The molecule has 78 valence electrons. The van der Waals surface area contributed by atoms with Crippen LogP contribution < -0.4 is 0 Å². The van der Waals surface area contributed by atoms with Gasteiger partial charge in [-0.25, -0.2) is 0 Å². The Balaban J connectivity index is 2.11. The maximum Gasteiger partial charge on any atom is 0.184 e. The van der Waals surface area contributed by atoms with Crippen LogP contribution in [-0.4, -0.2) is 15.6 Å². The molecule has 0 fully saturated rings. The van der Waals surface area contributed by atoms with Crippen molar-refractivity contribution in [3.05, 3.63) is 53.9 Å². The molecule has 0 saturated carbocycles. The SMILES string of the molecule is N#Cc1cnn(CC(=O)c2ccccc2)c1. The molecule has 0 N–H and O–H groups in total. The average molecular weight is 211 g/mol. The van der Waals surface area contributed by atoms with Crippen molar-refractivity contribution >= 4 is 5.78 Å². The summed E-state index contributed by atoms with van der Waals surface area (Å²) in [7, 11) is 0. The summed E-state index contributed by atoms with van der Waals surface area (Å²) in [4.78, 5) is 11.8. The van der Waals surface area contributed by atoms with Gasteiger partial charge in [-0.05, 0) is 0 Å². The largest absolute Gasteiger partial charge is 0.292 e. The van der Waals surface area contributed by atoms with E-state index in [-0.39, 0.29) is 12.3 Å². The minimum absolute atomic E-state index is 0.0202. The van der Waals surface area contributed by atoms with Gasteiger partial charge in [-0.2, -0.15) is 10.4 Å². The van der Waals surface area contributed by atoms with Gasteiger partial charge in [0.2, 0.25) is 0 Å². The van der Waals surface area contributed by atoms with Gasteiger partial charge in [0.05, 0.1) is 11.8 Å². The molecule has 0 unspecified atom stereocenters. The highest BCUT2D eigenvalue weighted by Gasteiger charge is 2.06. The molecule has 16 heavy (non-hydrogen) atoms. The number of carbonyl (C=O) groups excluding carboxylic acids is 1. The van der Waals surface area contributed by atoms with E-state index in [1.807, 2.05) is 24.3 Å². The monoisotopic (exact) mass is 211 g/mol. The van der Waals surface area contributed by atoms with Crippen molar-refractivity contribution in [3.8, 4) is 6.07 Å². The third-order valence-electron chi connectivity index (χ3n) is 2.16. The topological polar surface area (TPSA) is 58.7 Å². The number of hydrogen-bond acceptors (Lipinski definition) is 3. The highest BCUT2D eigenvalue weighted by molar-refractivity contribution is 5.95. The van der Waals surface area contributed by atoms with Gasteiger partial charge in [0.15, 0.2) is 5.78 Å². The minimum atomic E-state index is -0.0202. The second kappa shape index (κ2) is 4.41. The maximum absolute atomic E-state index is 11.8. The Morgan fingerprint density at radius 3 is 2.75 bits per heavy atom. The number of rotatable bonds is 3. The number of benzene rings is 1. The van der Waals surface area contributed by atoms with Crippen molar-refractivity contribution in [1.82, 2.24) is 9.78 Å². The normalized spacial score (nSPS) is 9.69. The quantitative estimate of drug-likeness (QED) is 0.725. The molecular weight excluding hydrogens is 202 g/mol. The number of nitrogens with zero attached hydrogens (tertiary/aromatic N) is 3. The molecule has 1 aromatic heterocycles. The molecule has 1 heterocycles. The lowest BCUT2D eigenvalue weighted by molar-refractivity contribution is 0.0967. The Bertz CT molecular complexity index is 537. The Morgan fingerprint density at radius 2 is 2.12 bits per heavy atom. The van der Waals surface area contributed by atoms with Crippen LogP contribution in [0.1, 0.15) is 15.9 Å². The summed E-state index contributed by atoms with van der Waals surface area (Å²) >= 11 is 0. The van der Waals surface area contributed by atoms with Gasteiger partial charge in [-0.1, -0.05) is 30.3 Å². The molecule has 0 amide bonds. The van der Waals surface area contributed by atoms with Gasteiger partial charge < -0.3 is 0 Å². The van der Waals surface area contributed by atoms with Crippen molar-refractivity contribution in [2.75, 3.05) is 0 Å². The van der Waals surface area contributed by atoms with Crippen LogP contribution in [0.15, 0.2) is 42.7 Å². The van der Waals surface area contributed by atoms with Crippen molar-refractivity contribution in [2.45, 2.75) is 6.54 Å². The van der Waals surface area contributed by atoms with Crippen molar-refractivity contribution in [1.29, 1.82) is 5.26 Å². The van der Waals surface area contributed by atoms with Gasteiger partial charge in [-0.15, -0.1) is 0 Å². The average Bonchev–Trinajstić information content (AvgIpc) is 2.78. The van der Waals surface area contributed by atoms with Crippen LogP contribution in [0.25, 0.3) is 0 Å². The Hall–Kier alpha value is -2.41. The fourth-order valence-electron chi connectivity index (χ4n) is 1.37. The first-order chi connectivity index (χ1) is 7.79. The number of hydrogen-bond donors (Lipinski definition) is 0. The van der Waals surface area contributed by atoms with Crippen LogP contribution in [0.4, 0.5) is 0 Å². The summed E-state index contributed by atoms with van der Waals surface area (Å²) in [5, 5.41) is 12.5. The molecule has 0 aliphatic carbocycles. The number of carbonyl (C=O) groups is 1. The molecule has 0 atom stereocenters. The molecular formula is C12H9N3O. The van der Waals surface area contributed by atoms with Crippen LogP contribution in [0.3, 0.4) is 0 Å². The molecule has 0 aliphatic heterocycles.